The number of ether oxygens (including phenoxy) is 1. The lowest BCUT2D eigenvalue weighted by Gasteiger charge is -2.31. The molecule has 0 spiro atoms. The Bertz CT molecular complexity index is 810. The Morgan fingerprint density at radius 3 is 2.59 bits per heavy atom. The highest BCUT2D eigenvalue weighted by Gasteiger charge is 2.38. The Labute approximate surface area is 158 Å². The molecule has 1 aliphatic heterocycles. The Hall–Kier alpha value is -1.94. The molecule has 0 aromatic carbocycles. The summed E-state index contributed by atoms with van der Waals surface area (Å²) in [7, 11) is -3.81. The van der Waals surface area contributed by atoms with E-state index in [9.17, 15) is 18.0 Å². The predicted octanol–water partition coefficient (Wildman–Crippen LogP) is 0.902. The summed E-state index contributed by atoms with van der Waals surface area (Å²) in [5.74, 6) is -1.25. The number of carbonyl (C=O) groups is 2. The second kappa shape index (κ2) is 7.59. The van der Waals surface area contributed by atoms with Gasteiger partial charge in [-0.1, -0.05) is 5.16 Å². The van der Waals surface area contributed by atoms with E-state index in [0.717, 1.165) is 12.8 Å². The van der Waals surface area contributed by atoms with Crippen molar-refractivity contribution >= 4 is 21.9 Å². The van der Waals surface area contributed by atoms with Crippen LogP contribution >= 0.6 is 0 Å². The van der Waals surface area contributed by atoms with E-state index in [2.05, 4.69) is 10.5 Å². The molecule has 0 bridgehead atoms. The third-order valence-corrected chi connectivity index (χ3v) is 6.98. The Kier molecular flexibility index (Phi) is 5.57. The number of hydrogen-bond donors (Lipinski definition) is 1. The molecule has 1 aliphatic carbocycles. The average molecular weight is 399 g/mol. The van der Waals surface area contributed by atoms with Crippen molar-refractivity contribution in [1.82, 2.24) is 14.8 Å². The van der Waals surface area contributed by atoms with Crippen LogP contribution in [0.2, 0.25) is 0 Å². The second-order valence-electron chi connectivity index (χ2n) is 7.22. The first-order chi connectivity index (χ1) is 12.7. The highest BCUT2D eigenvalue weighted by molar-refractivity contribution is 7.89. The maximum Gasteiger partial charge on any atom is 0.311 e. The highest BCUT2D eigenvalue weighted by Crippen LogP contribution is 2.28. The van der Waals surface area contributed by atoms with Crippen molar-refractivity contribution in [2.24, 2.45) is 5.92 Å². The van der Waals surface area contributed by atoms with Crippen LogP contribution in [0, 0.1) is 19.8 Å². The number of nitrogens with one attached hydrogen (secondary N) is 1. The Morgan fingerprint density at radius 2 is 2.00 bits per heavy atom. The van der Waals surface area contributed by atoms with E-state index in [1.54, 1.807) is 13.8 Å². The summed E-state index contributed by atoms with van der Waals surface area (Å²) in [6.07, 6.45) is 2.05. The number of aryl methyl sites for hydroxylation is 2. The minimum Gasteiger partial charge on any atom is -0.452 e. The van der Waals surface area contributed by atoms with Gasteiger partial charge in [0.2, 0.25) is 10.0 Å². The number of carbonyl (C=O) groups excluding carboxylic acids is 2. The first-order valence-electron chi connectivity index (χ1n) is 9.14. The summed E-state index contributed by atoms with van der Waals surface area (Å²) in [4.78, 5) is 24.5. The first-order valence-corrected chi connectivity index (χ1v) is 10.6. The van der Waals surface area contributed by atoms with Crippen LogP contribution in [0.5, 0.6) is 0 Å². The Balaban J connectivity index is 1.64. The summed E-state index contributed by atoms with van der Waals surface area (Å²) in [5.41, 5.74) is 0.294. The standard InChI is InChI=1S/C17H25N3O6S/c1-10-15(11(2)26-19-10)27(23,24)20-8-4-5-13(9-20)17(22)25-12(3)16(21)18-14-6-7-14/h12-14H,4-9H2,1-3H3,(H,18,21). The monoisotopic (exact) mass is 399 g/mol. The van der Waals surface area contributed by atoms with Crippen LogP contribution in [0.4, 0.5) is 0 Å². The lowest BCUT2D eigenvalue weighted by molar-refractivity contribution is -0.159. The van der Waals surface area contributed by atoms with Gasteiger partial charge in [0.15, 0.2) is 11.9 Å². The van der Waals surface area contributed by atoms with Crippen LogP contribution in [0.3, 0.4) is 0 Å². The molecule has 1 N–H and O–H groups in total. The van der Waals surface area contributed by atoms with Crippen molar-refractivity contribution in [2.75, 3.05) is 13.1 Å². The molecule has 0 radical (unpaired) electrons. The van der Waals surface area contributed by atoms with E-state index in [1.807, 2.05) is 0 Å². The maximum atomic E-state index is 12.9. The predicted molar refractivity (Wildman–Crippen MR) is 94.2 cm³/mol. The van der Waals surface area contributed by atoms with Gasteiger partial charge in [0.25, 0.3) is 5.91 Å². The topological polar surface area (TPSA) is 119 Å². The van der Waals surface area contributed by atoms with Crippen LogP contribution in [-0.2, 0) is 24.3 Å². The van der Waals surface area contributed by atoms with Crippen molar-refractivity contribution < 1.29 is 27.3 Å². The molecular formula is C17H25N3O6S. The van der Waals surface area contributed by atoms with Gasteiger partial charge in [0, 0.05) is 19.1 Å². The number of esters is 1. The third-order valence-electron chi connectivity index (χ3n) is 4.87. The minimum absolute atomic E-state index is 0.0161. The molecule has 2 heterocycles. The van der Waals surface area contributed by atoms with Gasteiger partial charge in [-0.05, 0) is 46.5 Å². The molecule has 150 valence electrons. The summed E-state index contributed by atoms with van der Waals surface area (Å²) in [6, 6.07) is 0.184. The van der Waals surface area contributed by atoms with Gasteiger partial charge in [-0.25, -0.2) is 8.42 Å². The van der Waals surface area contributed by atoms with Crippen LogP contribution in [0.25, 0.3) is 0 Å². The van der Waals surface area contributed by atoms with E-state index >= 15 is 0 Å². The molecule has 2 fully saturated rings. The van der Waals surface area contributed by atoms with Gasteiger partial charge in [-0.2, -0.15) is 4.31 Å². The number of piperidine rings is 1. The first kappa shape index (κ1) is 19.8. The summed E-state index contributed by atoms with van der Waals surface area (Å²) in [6.45, 7) is 4.97. The van der Waals surface area contributed by atoms with E-state index in [0.29, 0.717) is 25.1 Å². The fraction of sp³-hybridized carbons (Fsp3) is 0.706. The lowest BCUT2D eigenvalue weighted by Crippen LogP contribution is -2.44. The summed E-state index contributed by atoms with van der Waals surface area (Å²) < 4.78 is 37.4. The van der Waals surface area contributed by atoms with Gasteiger partial charge < -0.3 is 14.6 Å². The van der Waals surface area contributed by atoms with Gasteiger partial charge in [-0.3, -0.25) is 9.59 Å². The quantitative estimate of drug-likeness (QED) is 0.706. The highest BCUT2D eigenvalue weighted by atomic mass is 32.2. The van der Waals surface area contributed by atoms with E-state index in [4.69, 9.17) is 9.26 Å². The fourth-order valence-electron chi connectivity index (χ4n) is 3.20. The van der Waals surface area contributed by atoms with Crippen LogP contribution in [-0.4, -0.2) is 55.0 Å². The largest absolute Gasteiger partial charge is 0.452 e. The smallest absolute Gasteiger partial charge is 0.311 e. The van der Waals surface area contributed by atoms with Crippen LogP contribution in [0.15, 0.2) is 9.42 Å². The fourth-order valence-corrected chi connectivity index (χ4v) is 5.01. The number of nitrogens with zero attached hydrogens (tertiary/aromatic N) is 2. The zero-order chi connectivity index (χ0) is 19.8. The molecule has 2 aliphatic rings. The molecule has 1 saturated heterocycles. The lowest BCUT2D eigenvalue weighted by atomic mass is 10.00. The van der Waals surface area contributed by atoms with Gasteiger partial charge in [-0.15, -0.1) is 0 Å². The molecule has 2 atom stereocenters. The number of sulfonamides is 1. The molecule has 2 unspecified atom stereocenters. The maximum absolute atomic E-state index is 12.9. The third kappa shape index (κ3) is 4.32. The minimum atomic E-state index is -3.81. The van der Waals surface area contributed by atoms with Crippen molar-refractivity contribution in [3.63, 3.8) is 0 Å². The van der Waals surface area contributed by atoms with E-state index < -0.39 is 28.0 Å². The number of amides is 1. The molecule has 9 nitrogen and oxygen atoms in total. The van der Waals surface area contributed by atoms with Crippen molar-refractivity contribution in [1.29, 1.82) is 0 Å². The van der Waals surface area contributed by atoms with Gasteiger partial charge in [0.05, 0.1) is 5.92 Å². The molecule has 1 aromatic heterocycles. The van der Waals surface area contributed by atoms with Gasteiger partial charge >= 0.3 is 5.97 Å². The average Bonchev–Trinajstić information content (AvgIpc) is 3.37. The van der Waals surface area contributed by atoms with Crippen LogP contribution in [0.1, 0.15) is 44.1 Å². The number of aromatic nitrogens is 1. The van der Waals surface area contributed by atoms with Crippen molar-refractivity contribution in [3.05, 3.63) is 11.5 Å². The van der Waals surface area contributed by atoms with E-state index in [1.165, 1.54) is 11.2 Å². The Morgan fingerprint density at radius 1 is 1.30 bits per heavy atom. The normalized spacial score (nSPS) is 22.3. The zero-order valence-electron chi connectivity index (χ0n) is 15.7. The summed E-state index contributed by atoms with van der Waals surface area (Å²) in [5, 5.41) is 6.49. The molecule has 1 amide bonds. The molecule has 3 rings (SSSR count). The molecule has 10 heteroatoms. The molecule has 1 saturated carbocycles. The number of hydrogen-bond acceptors (Lipinski definition) is 7. The van der Waals surface area contributed by atoms with Gasteiger partial charge in [0.1, 0.15) is 10.6 Å². The van der Waals surface area contributed by atoms with Crippen molar-refractivity contribution in [3.8, 4) is 0 Å². The zero-order valence-corrected chi connectivity index (χ0v) is 16.5. The van der Waals surface area contributed by atoms with E-state index in [-0.39, 0.29) is 29.1 Å². The molecule has 1 aromatic rings. The number of rotatable bonds is 6. The molecular weight excluding hydrogens is 374 g/mol. The SMILES string of the molecule is Cc1noc(C)c1S(=O)(=O)N1CCCC(C(=O)OC(C)C(=O)NC2CC2)C1. The van der Waals surface area contributed by atoms with Crippen molar-refractivity contribution in [2.45, 2.75) is 63.5 Å². The second-order valence-corrected chi connectivity index (χ2v) is 9.09. The molecule has 27 heavy (non-hydrogen) atoms. The van der Waals surface area contributed by atoms with Crippen LogP contribution < -0.4 is 5.32 Å². The summed E-state index contributed by atoms with van der Waals surface area (Å²) >= 11 is 0.